The monoisotopic (exact) mass is 433 g/mol. The van der Waals surface area contributed by atoms with Crippen LogP contribution in [0.15, 0.2) is 60.7 Å². The summed E-state index contributed by atoms with van der Waals surface area (Å²) in [5.41, 5.74) is 3.55. The lowest BCUT2D eigenvalue weighted by atomic mass is 10.2. The van der Waals surface area contributed by atoms with Gasteiger partial charge < -0.3 is 19.4 Å². The minimum Gasteiger partial charge on any atom is -0.493 e. The van der Waals surface area contributed by atoms with Crippen LogP contribution in [0.4, 0.5) is 0 Å². The van der Waals surface area contributed by atoms with Gasteiger partial charge in [0.05, 0.1) is 31.3 Å². The second-order valence-electron chi connectivity index (χ2n) is 7.60. The summed E-state index contributed by atoms with van der Waals surface area (Å²) in [5, 5.41) is 2.88. The predicted octanol–water partition coefficient (Wildman–Crippen LogP) is 5.13. The van der Waals surface area contributed by atoms with Crippen LogP contribution in [0, 0.1) is 0 Å². The van der Waals surface area contributed by atoms with Crippen LogP contribution in [0.3, 0.4) is 0 Å². The molecular formula is C26H31N3O3. The summed E-state index contributed by atoms with van der Waals surface area (Å²) in [6, 6.07) is 13.9. The normalized spacial score (nSPS) is 11.1. The van der Waals surface area contributed by atoms with Gasteiger partial charge >= 0.3 is 0 Å². The van der Waals surface area contributed by atoms with Gasteiger partial charge in [0.1, 0.15) is 5.82 Å². The molecule has 6 nitrogen and oxygen atoms in total. The molecule has 0 spiro atoms. The van der Waals surface area contributed by atoms with Crippen LogP contribution < -0.4 is 14.8 Å². The zero-order valence-corrected chi connectivity index (χ0v) is 19.1. The van der Waals surface area contributed by atoms with Crippen molar-refractivity contribution in [2.75, 3.05) is 13.7 Å². The molecule has 0 bridgehead atoms. The van der Waals surface area contributed by atoms with Crippen LogP contribution >= 0.6 is 0 Å². The van der Waals surface area contributed by atoms with Crippen LogP contribution in [-0.4, -0.2) is 29.2 Å². The molecule has 1 N–H and O–H groups in total. The van der Waals surface area contributed by atoms with E-state index in [9.17, 15) is 4.79 Å². The van der Waals surface area contributed by atoms with Crippen molar-refractivity contribution in [2.45, 2.75) is 39.8 Å². The average molecular weight is 434 g/mol. The number of carbonyl (C=O) groups is 1. The molecule has 0 saturated carbocycles. The van der Waals surface area contributed by atoms with Gasteiger partial charge in [-0.2, -0.15) is 0 Å². The molecule has 3 aromatic rings. The van der Waals surface area contributed by atoms with Gasteiger partial charge in [-0.15, -0.1) is 0 Å². The third-order valence-corrected chi connectivity index (χ3v) is 5.11. The largest absolute Gasteiger partial charge is 0.493 e. The van der Waals surface area contributed by atoms with Crippen molar-refractivity contribution in [1.82, 2.24) is 14.9 Å². The smallest absolute Gasteiger partial charge is 0.246 e. The number of carbonyl (C=O) groups excluding carboxylic acids is 1. The highest BCUT2D eigenvalue weighted by Gasteiger charge is 2.12. The highest BCUT2D eigenvalue weighted by molar-refractivity contribution is 5.92. The van der Waals surface area contributed by atoms with Gasteiger partial charge in [0, 0.05) is 12.1 Å². The van der Waals surface area contributed by atoms with E-state index < -0.39 is 0 Å². The van der Waals surface area contributed by atoms with Crippen LogP contribution in [0.2, 0.25) is 0 Å². The molecule has 0 unspecified atom stereocenters. The Morgan fingerprint density at radius 1 is 1.19 bits per heavy atom. The van der Waals surface area contributed by atoms with E-state index >= 15 is 0 Å². The number of rotatable bonds is 11. The standard InChI is InChI=1S/C26H31N3O3/c1-5-10-20-13-14-23(24(17-20)31-4)32-16-9-8-15-29-22-12-7-6-11-21(22)28-25(29)18-27-26(30)19(2)3/h5-7,10-14,17H,2,8-9,15-16,18H2,1,3-4H3,(H,27,30)/b10-5+. The molecule has 2 aromatic carbocycles. The molecule has 32 heavy (non-hydrogen) atoms. The highest BCUT2D eigenvalue weighted by atomic mass is 16.5. The molecule has 1 heterocycles. The maximum absolute atomic E-state index is 11.9. The van der Waals surface area contributed by atoms with Gasteiger partial charge in [-0.3, -0.25) is 4.79 Å². The predicted molar refractivity (Wildman–Crippen MR) is 129 cm³/mol. The molecule has 168 valence electrons. The number of amides is 1. The Bertz CT molecular complexity index is 1110. The van der Waals surface area contributed by atoms with E-state index in [1.807, 2.05) is 55.5 Å². The summed E-state index contributed by atoms with van der Waals surface area (Å²) < 4.78 is 13.6. The number of allylic oxidation sites excluding steroid dienone is 1. The lowest BCUT2D eigenvalue weighted by Crippen LogP contribution is -2.25. The van der Waals surface area contributed by atoms with E-state index in [1.54, 1.807) is 14.0 Å². The summed E-state index contributed by atoms with van der Waals surface area (Å²) in [7, 11) is 1.65. The Labute approximate surface area is 189 Å². The number of nitrogens with one attached hydrogen (secondary N) is 1. The number of aryl methyl sites for hydroxylation is 1. The quantitative estimate of drug-likeness (QED) is 0.336. The number of aromatic nitrogens is 2. The molecule has 0 aliphatic heterocycles. The summed E-state index contributed by atoms with van der Waals surface area (Å²) >= 11 is 0. The first-order chi connectivity index (χ1) is 15.5. The molecule has 0 aliphatic carbocycles. The third-order valence-electron chi connectivity index (χ3n) is 5.11. The first kappa shape index (κ1) is 23.1. The third kappa shape index (κ3) is 5.78. The van der Waals surface area contributed by atoms with Crippen molar-refractivity contribution < 1.29 is 14.3 Å². The Balaban J connectivity index is 1.60. The van der Waals surface area contributed by atoms with Crippen LogP contribution in [0.1, 0.15) is 38.1 Å². The SMILES string of the molecule is C=C(C)C(=O)NCc1nc2ccccc2n1CCCCOc1ccc(/C=C/C)cc1OC. The molecule has 3 rings (SSSR count). The number of hydrogen-bond acceptors (Lipinski definition) is 4. The van der Waals surface area contributed by atoms with Gasteiger partial charge in [0.25, 0.3) is 0 Å². The summed E-state index contributed by atoms with van der Waals surface area (Å²) in [6.45, 7) is 9.12. The molecule has 0 saturated heterocycles. The minimum absolute atomic E-state index is 0.161. The van der Waals surface area contributed by atoms with E-state index in [-0.39, 0.29) is 5.91 Å². The number of methoxy groups -OCH3 is 1. The van der Waals surface area contributed by atoms with Gasteiger partial charge in [-0.05, 0) is 56.5 Å². The maximum atomic E-state index is 11.9. The number of unbranched alkanes of at least 4 members (excludes halogenated alkanes) is 1. The van der Waals surface area contributed by atoms with Crippen molar-refractivity contribution in [3.63, 3.8) is 0 Å². The fraction of sp³-hybridized carbons (Fsp3) is 0.308. The fourth-order valence-electron chi connectivity index (χ4n) is 3.47. The number of hydrogen-bond donors (Lipinski definition) is 1. The van der Waals surface area contributed by atoms with Gasteiger partial charge in [0.15, 0.2) is 11.5 Å². The van der Waals surface area contributed by atoms with Gasteiger partial charge in [-0.25, -0.2) is 4.98 Å². The number of fused-ring (bicyclic) bond motifs is 1. The Morgan fingerprint density at radius 3 is 2.75 bits per heavy atom. The maximum Gasteiger partial charge on any atom is 0.246 e. The fourth-order valence-corrected chi connectivity index (χ4v) is 3.47. The van der Waals surface area contributed by atoms with E-state index in [4.69, 9.17) is 14.5 Å². The summed E-state index contributed by atoms with van der Waals surface area (Å²) in [6.07, 6.45) is 5.82. The van der Waals surface area contributed by atoms with Crippen LogP contribution in [-0.2, 0) is 17.9 Å². The zero-order valence-electron chi connectivity index (χ0n) is 19.1. The van der Waals surface area contributed by atoms with Gasteiger partial charge in [-0.1, -0.05) is 36.9 Å². The highest BCUT2D eigenvalue weighted by Crippen LogP contribution is 2.28. The van der Waals surface area contributed by atoms with Crippen molar-refractivity contribution in [1.29, 1.82) is 0 Å². The van der Waals surface area contributed by atoms with Crippen molar-refractivity contribution in [3.05, 3.63) is 72.1 Å². The van der Waals surface area contributed by atoms with E-state index in [1.165, 1.54) is 0 Å². The molecule has 1 aromatic heterocycles. The molecule has 1 amide bonds. The molecular weight excluding hydrogens is 402 g/mol. The van der Waals surface area contributed by atoms with Crippen molar-refractivity contribution in [2.24, 2.45) is 0 Å². The second-order valence-corrected chi connectivity index (χ2v) is 7.60. The first-order valence-corrected chi connectivity index (χ1v) is 10.8. The topological polar surface area (TPSA) is 65.4 Å². The first-order valence-electron chi connectivity index (χ1n) is 10.8. The number of imidazole rings is 1. The van der Waals surface area contributed by atoms with Crippen LogP contribution in [0.5, 0.6) is 11.5 Å². The molecule has 0 atom stereocenters. The lowest BCUT2D eigenvalue weighted by Gasteiger charge is -2.13. The second kappa shape index (κ2) is 11.2. The number of nitrogens with zero attached hydrogens (tertiary/aromatic N) is 2. The minimum atomic E-state index is -0.161. The van der Waals surface area contributed by atoms with Crippen LogP contribution in [0.25, 0.3) is 17.1 Å². The molecule has 0 fully saturated rings. The van der Waals surface area contributed by atoms with E-state index in [0.29, 0.717) is 18.7 Å². The van der Waals surface area contributed by atoms with Gasteiger partial charge in [0.2, 0.25) is 5.91 Å². The number of benzene rings is 2. The molecule has 0 radical (unpaired) electrons. The lowest BCUT2D eigenvalue weighted by molar-refractivity contribution is -0.117. The number of ether oxygens (including phenoxy) is 2. The van der Waals surface area contributed by atoms with Crippen molar-refractivity contribution >= 4 is 23.0 Å². The van der Waals surface area contributed by atoms with Crippen molar-refractivity contribution in [3.8, 4) is 11.5 Å². The molecule has 6 heteroatoms. The number of para-hydroxylation sites is 2. The Kier molecular flexibility index (Phi) is 8.08. The van der Waals surface area contributed by atoms with E-state index in [2.05, 4.69) is 22.5 Å². The van der Waals surface area contributed by atoms with E-state index in [0.717, 1.165) is 53.3 Å². The summed E-state index contributed by atoms with van der Waals surface area (Å²) in [5.74, 6) is 2.16. The Morgan fingerprint density at radius 2 is 2.00 bits per heavy atom. The zero-order chi connectivity index (χ0) is 22.9. The Hall–Kier alpha value is -3.54. The average Bonchev–Trinajstić information content (AvgIpc) is 3.15. The summed E-state index contributed by atoms with van der Waals surface area (Å²) in [4.78, 5) is 16.6. The molecule has 0 aliphatic rings.